The third-order valence-electron chi connectivity index (χ3n) is 7.05. The van der Waals surface area contributed by atoms with Crippen LogP contribution >= 0.6 is 0 Å². The molecule has 4 rings (SSSR count). The van der Waals surface area contributed by atoms with Gasteiger partial charge in [0.1, 0.15) is 48.1 Å². The molecule has 0 amide bonds. The Kier molecular flexibility index (Phi) is 8.31. The van der Waals surface area contributed by atoms with Gasteiger partial charge < -0.3 is 59.8 Å². The van der Waals surface area contributed by atoms with Gasteiger partial charge in [0.05, 0.1) is 13.2 Å². The van der Waals surface area contributed by atoms with E-state index in [1.54, 1.807) is 48.5 Å². The van der Waals surface area contributed by atoms with Crippen LogP contribution in [0.2, 0.25) is 0 Å². The van der Waals surface area contributed by atoms with Crippen molar-refractivity contribution >= 4 is 0 Å². The molecule has 0 unspecified atom stereocenters. The highest BCUT2D eigenvalue weighted by molar-refractivity contribution is 5.64. The molecule has 8 N–H and O–H groups in total. The summed E-state index contributed by atoms with van der Waals surface area (Å²) in [6.07, 6.45) is -11.1. The lowest BCUT2D eigenvalue weighted by Crippen LogP contribution is -2.66. The second kappa shape index (κ2) is 11.0. The maximum atomic E-state index is 10.6. The fraction of sp³-hybridized carbons (Fsp3) is 0.538. The van der Waals surface area contributed by atoms with Crippen molar-refractivity contribution < 1.29 is 59.8 Å². The predicted molar refractivity (Wildman–Crippen MR) is 130 cm³/mol. The first-order chi connectivity index (χ1) is 17.9. The van der Waals surface area contributed by atoms with Crippen LogP contribution in [0.5, 0.6) is 11.5 Å². The quantitative estimate of drug-likeness (QED) is 0.203. The molecule has 12 heteroatoms. The molecule has 2 aliphatic rings. The van der Waals surface area contributed by atoms with Gasteiger partial charge >= 0.3 is 0 Å². The van der Waals surface area contributed by atoms with E-state index in [2.05, 4.69) is 0 Å². The molecule has 2 aromatic carbocycles. The maximum Gasteiger partial charge on any atom is 0.231 e. The van der Waals surface area contributed by atoms with E-state index < -0.39 is 73.6 Å². The highest BCUT2D eigenvalue weighted by Gasteiger charge is 2.54. The van der Waals surface area contributed by atoms with Gasteiger partial charge in [-0.25, -0.2) is 0 Å². The normalized spacial score (nSPS) is 39.5. The molecule has 0 aromatic heterocycles. The van der Waals surface area contributed by atoms with E-state index in [0.717, 1.165) is 11.1 Å². The van der Waals surface area contributed by atoms with Crippen LogP contribution in [0.25, 0.3) is 11.1 Å². The first-order valence-corrected chi connectivity index (χ1v) is 12.1. The summed E-state index contributed by atoms with van der Waals surface area (Å²) < 4.78 is 22.3. The van der Waals surface area contributed by atoms with E-state index in [1.807, 2.05) is 0 Å². The minimum Gasteiger partial charge on any atom is -0.462 e. The van der Waals surface area contributed by atoms with Crippen molar-refractivity contribution in [2.75, 3.05) is 13.2 Å². The van der Waals surface area contributed by atoms with Crippen LogP contribution in [-0.2, 0) is 9.47 Å². The van der Waals surface area contributed by atoms with Crippen molar-refractivity contribution in [2.45, 2.75) is 74.3 Å². The molecule has 12 nitrogen and oxygen atoms in total. The average Bonchev–Trinajstić information content (AvgIpc) is 2.90. The number of rotatable bonds is 7. The SMILES string of the molecule is C[C@]1(O)[C@@H](Oc2ccc(-c3ccc(O[C@H]4O[C@H](CO)[C@@H](O)[C@H](O)[C@]4(C)O)cc3)cc2)O[C@H](CO)[C@@H](O)[C@@H]1O. The van der Waals surface area contributed by atoms with Crippen LogP contribution < -0.4 is 9.47 Å². The number of hydrogen-bond acceptors (Lipinski definition) is 12. The molecule has 10 atom stereocenters. The van der Waals surface area contributed by atoms with Crippen LogP contribution in [0.4, 0.5) is 0 Å². The van der Waals surface area contributed by atoms with Crippen LogP contribution in [0.3, 0.4) is 0 Å². The monoisotopic (exact) mass is 538 g/mol. The van der Waals surface area contributed by atoms with E-state index in [4.69, 9.17) is 18.9 Å². The fourth-order valence-electron chi connectivity index (χ4n) is 4.43. The van der Waals surface area contributed by atoms with Gasteiger partial charge in [-0.1, -0.05) is 24.3 Å². The predicted octanol–water partition coefficient (Wildman–Crippen LogP) is -1.51. The molecule has 0 saturated carbocycles. The number of ether oxygens (including phenoxy) is 4. The summed E-state index contributed by atoms with van der Waals surface area (Å²) in [5.41, 5.74) is -2.28. The average molecular weight is 539 g/mol. The Labute approximate surface area is 218 Å². The van der Waals surface area contributed by atoms with Gasteiger partial charge in [0, 0.05) is 0 Å². The van der Waals surface area contributed by atoms with E-state index in [-0.39, 0.29) is 0 Å². The zero-order chi connectivity index (χ0) is 27.8. The largest absolute Gasteiger partial charge is 0.462 e. The third-order valence-corrected chi connectivity index (χ3v) is 7.05. The summed E-state index contributed by atoms with van der Waals surface area (Å²) >= 11 is 0. The minimum absolute atomic E-state index is 0.315. The minimum atomic E-state index is -1.93. The Morgan fingerprint density at radius 2 is 0.947 bits per heavy atom. The van der Waals surface area contributed by atoms with E-state index in [9.17, 15) is 40.9 Å². The zero-order valence-corrected chi connectivity index (χ0v) is 20.9. The molecule has 2 aliphatic heterocycles. The molecule has 210 valence electrons. The van der Waals surface area contributed by atoms with Crippen molar-refractivity contribution in [3.05, 3.63) is 48.5 Å². The second-order valence-corrected chi connectivity index (χ2v) is 9.99. The highest BCUT2D eigenvalue weighted by Crippen LogP contribution is 2.34. The first-order valence-electron chi connectivity index (χ1n) is 12.1. The smallest absolute Gasteiger partial charge is 0.231 e. The lowest BCUT2D eigenvalue weighted by Gasteiger charge is -2.45. The van der Waals surface area contributed by atoms with Gasteiger partial charge in [-0.2, -0.15) is 0 Å². The lowest BCUT2D eigenvalue weighted by atomic mass is 9.88. The van der Waals surface area contributed by atoms with Crippen LogP contribution in [0.15, 0.2) is 48.5 Å². The number of aliphatic hydroxyl groups excluding tert-OH is 6. The number of aliphatic hydroxyl groups is 8. The Morgan fingerprint density at radius 3 is 1.24 bits per heavy atom. The van der Waals surface area contributed by atoms with Crippen molar-refractivity contribution in [2.24, 2.45) is 0 Å². The summed E-state index contributed by atoms with van der Waals surface area (Å²) in [4.78, 5) is 0. The third kappa shape index (κ3) is 5.38. The van der Waals surface area contributed by atoms with Crippen LogP contribution in [0, 0.1) is 0 Å². The van der Waals surface area contributed by atoms with Crippen LogP contribution in [0.1, 0.15) is 13.8 Å². The zero-order valence-electron chi connectivity index (χ0n) is 20.9. The van der Waals surface area contributed by atoms with Gasteiger partial charge in [0.15, 0.2) is 11.2 Å². The van der Waals surface area contributed by atoms with Crippen molar-refractivity contribution in [1.29, 1.82) is 0 Å². The van der Waals surface area contributed by atoms with Crippen molar-refractivity contribution in [3.8, 4) is 22.6 Å². The molecule has 38 heavy (non-hydrogen) atoms. The van der Waals surface area contributed by atoms with Gasteiger partial charge in [0.25, 0.3) is 0 Å². The molecule has 0 aliphatic carbocycles. The Bertz CT molecular complexity index is 971. The van der Waals surface area contributed by atoms with Gasteiger partial charge in [-0.3, -0.25) is 0 Å². The van der Waals surface area contributed by atoms with E-state index in [0.29, 0.717) is 11.5 Å². The second-order valence-electron chi connectivity index (χ2n) is 9.99. The Balaban J connectivity index is 1.43. The first kappa shape index (κ1) is 28.6. The molecule has 0 spiro atoms. The fourth-order valence-corrected chi connectivity index (χ4v) is 4.43. The molecule has 0 radical (unpaired) electrons. The van der Waals surface area contributed by atoms with Crippen LogP contribution in [-0.4, -0.2) is 114 Å². The van der Waals surface area contributed by atoms with Gasteiger partial charge in [-0.05, 0) is 49.2 Å². The standard InChI is InChI=1S/C26H34O12/c1-25(33)21(31)19(29)17(11-27)37-23(25)35-15-7-3-13(4-8-15)14-5-9-16(10-6-14)36-24-26(2,34)22(32)20(30)18(12-28)38-24/h3-10,17-24,27-34H,11-12H2,1-2H3/t17-,18-,19-,20-,21+,22+,23+,24+,25-,26+/m1/s1. The summed E-state index contributed by atoms with van der Waals surface area (Å²) in [5.74, 6) is 0.630. The van der Waals surface area contributed by atoms with Crippen molar-refractivity contribution in [1.82, 2.24) is 0 Å². The molecular formula is C26H34O12. The molecular weight excluding hydrogens is 504 g/mol. The molecule has 2 heterocycles. The summed E-state index contributed by atoms with van der Waals surface area (Å²) in [7, 11) is 0. The molecule has 0 bridgehead atoms. The molecule has 2 fully saturated rings. The Hall–Kier alpha value is -2.36. The maximum absolute atomic E-state index is 10.6. The van der Waals surface area contributed by atoms with Gasteiger partial charge in [-0.15, -0.1) is 0 Å². The highest BCUT2D eigenvalue weighted by atomic mass is 16.7. The lowest BCUT2D eigenvalue weighted by molar-refractivity contribution is -0.314. The summed E-state index contributed by atoms with van der Waals surface area (Å²) in [5, 5.41) is 80.4. The van der Waals surface area contributed by atoms with Gasteiger partial charge in [0.2, 0.25) is 12.6 Å². The van der Waals surface area contributed by atoms with E-state index >= 15 is 0 Å². The summed E-state index contributed by atoms with van der Waals surface area (Å²) in [6.45, 7) is 1.40. The van der Waals surface area contributed by atoms with Crippen molar-refractivity contribution in [3.63, 3.8) is 0 Å². The number of hydrogen-bond donors (Lipinski definition) is 8. The topological polar surface area (TPSA) is 199 Å². The number of benzene rings is 2. The van der Waals surface area contributed by atoms with E-state index in [1.165, 1.54) is 13.8 Å². The molecule has 2 aromatic rings. The summed E-state index contributed by atoms with van der Waals surface area (Å²) in [6, 6.07) is 13.5. The Morgan fingerprint density at radius 1 is 0.632 bits per heavy atom. The molecule has 2 saturated heterocycles.